The van der Waals surface area contributed by atoms with Crippen molar-refractivity contribution >= 4 is 34.0 Å². The Hall–Kier alpha value is -2.25. The Kier molecular flexibility index (Phi) is 5.92. The van der Waals surface area contributed by atoms with Gasteiger partial charge in [-0.05, 0) is 25.5 Å². The van der Waals surface area contributed by atoms with Gasteiger partial charge in [-0.3, -0.25) is 19.4 Å². The average Bonchev–Trinajstić information content (AvgIpc) is 3.05. The van der Waals surface area contributed by atoms with Crippen molar-refractivity contribution in [3.8, 4) is 0 Å². The van der Waals surface area contributed by atoms with Crippen molar-refractivity contribution in [1.82, 2.24) is 14.8 Å². The summed E-state index contributed by atoms with van der Waals surface area (Å²) in [7, 11) is 0. The highest BCUT2D eigenvalue weighted by atomic mass is 32.1. The molecule has 1 aliphatic rings. The molecule has 6 nitrogen and oxygen atoms in total. The van der Waals surface area contributed by atoms with E-state index in [0.29, 0.717) is 5.13 Å². The molecule has 1 aromatic heterocycles. The molecule has 2 heterocycles. The molecule has 2 amide bonds. The summed E-state index contributed by atoms with van der Waals surface area (Å²) >= 11 is 1.49. The van der Waals surface area contributed by atoms with Crippen LogP contribution in [0, 0.1) is 13.8 Å². The molecule has 2 aromatic rings. The van der Waals surface area contributed by atoms with Gasteiger partial charge in [0, 0.05) is 52.0 Å². The van der Waals surface area contributed by atoms with Gasteiger partial charge in [0.15, 0.2) is 5.13 Å². The maximum atomic E-state index is 12.3. The minimum atomic E-state index is -0.0436. The molecule has 0 atom stereocenters. The number of amides is 2. The Morgan fingerprint density at radius 1 is 1.15 bits per heavy atom. The molecule has 0 radical (unpaired) electrons. The lowest BCUT2D eigenvalue weighted by molar-refractivity contribution is -0.130. The van der Waals surface area contributed by atoms with Gasteiger partial charge in [0.1, 0.15) is 0 Å². The van der Waals surface area contributed by atoms with Crippen molar-refractivity contribution in [2.45, 2.75) is 34.2 Å². The van der Waals surface area contributed by atoms with Crippen molar-refractivity contribution in [2.24, 2.45) is 0 Å². The van der Waals surface area contributed by atoms with E-state index in [1.807, 2.05) is 36.3 Å². The quantitative estimate of drug-likeness (QED) is 0.810. The number of nitrogens with zero attached hydrogens (tertiary/aromatic N) is 4. The summed E-state index contributed by atoms with van der Waals surface area (Å²) in [4.78, 5) is 34.4. The Labute approximate surface area is 164 Å². The standard InChI is InChI=1S/C20H26N4O2S/c1-14-5-6-19(15(2)11-14)24(17(4)26)20-21-18(13-27-20)12-22-7-9-23(10-8-22)16(3)25/h5-6,11,13H,7-10,12H2,1-4H3. The van der Waals surface area contributed by atoms with Crippen LogP contribution < -0.4 is 4.90 Å². The molecular formula is C20H26N4O2S. The van der Waals surface area contributed by atoms with Crippen molar-refractivity contribution < 1.29 is 9.59 Å². The first-order valence-corrected chi connectivity index (χ1v) is 10.0. The van der Waals surface area contributed by atoms with Crippen LogP contribution in [0.2, 0.25) is 0 Å². The largest absolute Gasteiger partial charge is 0.340 e. The van der Waals surface area contributed by atoms with Gasteiger partial charge < -0.3 is 4.90 Å². The van der Waals surface area contributed by atoms with Crippen LogP contribution in [0.5, 0.6) is 0 Å². The van der Waals surface area contributed by atoms with Crippen LogP contribution in [0.25, 0.3) is 0 Å². The van der Waals surface area contributed by atoms with Gasteiger partial charge in [-0.25, -0.2) is 4.98 Å². The maximum absolute atomic E-state index is 12.3. The van der Waals surface area contributed by atoms with Gasteiger partial charge in [-0.1, -0.05) is 17.7 Å². The SMILES string of the molecule is CC(=O)N1CCN(Cc2csc(N(C(C)=O)c3ccc(C)cc3C)n2)CC1. The van der Waals surface area contributed by atoms with E-state index in [-0.39, 0.29) is 11.8 Å². The summed E-state index contributed by atoms with van der Waals surface area (Å²) in [5, 5.41) is 2.72. The zero-order valence-corrected chi connectivity index (χ0v) is 17.2. The van der Waals surface area contributed by atoms with E-state index in [2.05, 4.69) is 11.0 Å². The molecule has 144 valence electrons. The first-order valence-electron chi connectivity index (χ1n) is 9.15. The third-order valence-corrected chi connectivity index (χ3v) is 5.72. The molecular weight excluding hydrogens is 360 g/mol. The highest BCUT2D eigenvalue weighted by Crippen LogP contribution is 2.32. The topological polar surface area (TPSA) is 56.8 Å². The lowest BCUT2D eigenvalue weighted by atomic mass is 10.1. The Morgan fingerprint density at radius 3 is 2.44 bits per heavy atom. The summed E-state index contributed by atoms with van der Waals surface area (Å²) < 4.78 is 0. The highest BCUT2D eigenvalue weighted by molar-refractivity contribution is 7.14. The number of hydrogen-bond acceptors (Lipinski definition) is 5. The van der Waals surface area contributed by atoms with E-state index in [9.17, 15) is 9.59 Å². The second-order valence-corrected chi connectivity index (χ2v) is 7.88. The number of piperazine rings is 1. The Balaban J connectivity index is 1.73. The van der Waals surface area contributed by atoms with E-state index in [4.69, 9.17) is 4.98 Å². The Morgan fingerprint density at radius 2 is 1.85 bits per heavy atom. The zero-order valence-electron chi connectivity index (χ0n) is 16.4. The fourth-order valence-electron chi connectivity index (χ4n) is 3.39. The van der Waals surface area contributed by atoms with E-state index < -0.39 is 0 Å². The molecule has 1 fully saturated rings. The molecule has 1 saturated heterocycles. The molecule has 1 aliphatic heterocycles. The normalized spacial score (nSPS) is 15.0. The third kappa shape index (κ3) is 4.54. The average molecular weight is 387 g/mol. The number of carbonyl (C=O) groups excluding carboxylic acids is 2. The fourth-order valence-corrected chi connectivity index (χ4v) is 4.26. The molecule has 0 spiro atoms. The summed E-state index contributed by atoms with van der Waals surface area (Å²) in [6.45, 7) is 11.2. The first-order chi connectivity index (χ1) is 12.8. The van der Waals surface area contributed by atoms with Crippen molar-refractivity contribution in [1.29, 1.82) is 0 Å². The molecule has 0 unspecified atom stereocenters. The number of hydrogen-bond donors (Lipinski definition) is 0. The smallest absolute Gasteiger partial charge is 0.230 e. The molecule has 0 N–H and O–H groups in total. The van der Waals surface area contributed by atoms with Crippen molar-refractivity contribution in [3.63, 3.8) is 0 Å². The first kappa shape index (κ1) is 19.5. The summed E-state index contributed by atoms with van der Waals surface area (Å²) in [5.41, 5.74) is 4.07. The van der Waals surface area contributed by atoms with Crippen LogP contribution in [0.1, 0.15) is 30.7 Å². The van der Waals surface area contributed by atoms with E-state index in [1.54, 1.807) is 18.7 Å². The van der Waals surface area contributed by atoms with Gasteiger partial charge in [0.2, 0.25) is 11.8 Å². The summed E-state index contributed by atoms with van der Waals surface area (Å²) in [5.74, 6) is 0.0917. The fraction of sp³-hybridized carbons (Fsp3) is 0.450. The van der Waals surface area contributed by atoms with E-state index in [0.717, 1.165) is 49.7 Å². The number of aromatic nitrogens is 1. The molecule has 0 saturated carbocycles. The molecule has 27 heavy (non-hydrogen) atoms. The van der Waals surface area contributed by atoms with Crippen LogP contribution in [0.15, 0.2) is 23.6 Å². The lowest BCUT2D eigenvalue weighted by Gasteiger charge is -2.33. The number of thiazole rings is 1. The number of benzene rings is 1. The Bertz CT molecular complexity index is 840. The maximum Gasteiger partial charge on any atom is 0.230 e. The molecule has 0 bridgehead atoms. The highest BCUT2D eigenvalue weighted by Gasteiger charge is 2.22. The summed E-state index contributed by atoms with van der Waals surface area (Å²) in [6, 6.07) is 6.07. The second-order valence-electron chi connectivity index (χ2n) is 7.05. The predicted molar refractivity (Wildman–Crippen MR) is 108 cm³/mol. The number of anilines is 2. The van der Waals surface area contributed by atoms with Crippen LogP contribution >= 0.6 is 11.3 Å². The number of carbonyl (C=O) groups is 2. The van der Waals surface area contributed by atoms with Crippen LogP contribution in [0.3, 0.4) is 0 Å². The van der Waals surface area contributed by atoms with Crippen LogP contribution in [-0.2, 0) is 16.1 Å². The molecule has 0 aliphatic carbocycles. The van der Waals surface area contributed by atoms with Crippen LogP contribution in [-0.4, -0.2) is 52.8 Å². The molecule has 7 heteroatoms. The van der Waals surface area contributed by atoms with E-state index >= 15 is 0 Å². The monoisotopic (exact) mass is 386 g/mol. The molecule has 1 aromatic carbocycles. The van der Waals surface area contributed by atoms with Gasteiger partial charge >= 0.3 is 0 Å². The van der Waals surface area contributed by atoms with Crippen molar-refractivity contribution in [2.75, 3.05) is 31.1 Å². The number of aryl methyl sites for hydroxylation is 2. The van der Waals surface area contributed by atoms with Gasteiger partial charge in [0.05, 0.1) is 11.4 Å². The van der Waals surface area contributed by atoms with Crippen molar-refractivity contribution in [3.05, 3.63) is 40.4 Å². The van der Waals surface area contributed by atoms with Crippen LogP contribution in [0.4, 0.5) is 10.8 Å². The summed E-state index contributed by atoms with van der Waals surface area (Å²) in [6.07, 6.45) is 0. The third-order valence-electron chi connectivity index (χ3n) is 4.84. The van der Waals surface area contributed by atoms with Gasteiger partial charge in [-0.15, -0.1) is 11.3 Å². The predicted octanol–water partition coefficient (Wildman–Crippen LogP) is 3.11. The van der Waals surface area contributed by atoms with E-state index in [1.165, 1.54) is 16.9 Å². The zero-order chi connectivity index (χ0) is 19.6. The van der Waals surface area contributed by atoms with Gasteiger partial charge in [-0.2, -0.15) is 0 Å². The molecule has 3 rings (SSSR count). The lowest BCUT2D eigenvalue weighted by Crippen LogP contribution is -2.47. The number of rotatable bonds is 4. The minimum Gasteiger partial charge on any atom is -0.340 e. The second kappa shape index (κ2) is 8.19. The van der Waals surface area contributed by atoms with Gasteiger partial charge in [0.25, 0.3) is 0 Å². The minimum absolute atomic E-state index is 0.0436.